The molecule has 2 N–H and O–H groups in total. The van der Waals surface area contributed by atoms with Gasteiger partial charge in [-0.2, -0.15) is 4.31 Å². The average Bonchev–Trinajstić information content (AvgIpc) is 2.57. The summed E-state index contributed by atoms with van der Waals surface area (Å²) in [5.74, 6) is 0. The summed E-state index contributed by atoms with van der Waals surface area (Å²) in [4.78, 5) is 0.416. The molecular formula is C14H22N2O2S. The first-order valence-electron chi connectivity index (χ1n) is 6.50. The Morgan fingerprint density at radius 3 is 2.16 bits per heavy atom. The van der Waals surface area contributed by atoms with Gasteiger partial charge in [0.25, 0.3) is 0 Å². The molecule has 0 unspecified atom stereocenters. The fraction of sp³-hybridized carbons (Fsp3) is 0.571. The van der Waals surface area contributed by atoms with Gasteiger partial charge in [-0.3, -0.25) is 0 Å². The third-order valence-electron chi connectivity index (χ3n) is 3.72. The van der Waals surface area contributed by atoms with Crippen molar-refractivity contribution in [1.82, 2.24) is 4.31 Å². The molecule has 0 aromatic heterocycles. The number of nitrogen functional groups attached to an aromatic ring is 1. The Bertz CT molecular complexity index is 583. The number of sulfonamides is 1. The molecule has 1 aromatic rings. The van der Waals surface area contributed by atoms with E-state index in [1.54, 1.807) is 30.3 Å². The van der Waals surface area contributed by atoms with Gasteiger partial charge in [-0.15, -0.1) is 0 Å². The second kappa shape index (κ2) is 4.49. The number of rotatable bonds is 2. The molecule has 0 atom stereocenters. The quantitative estimate of drug-likeness (QED) is 0.847. The lowest BCUT2D eigenvalue weighted by Gasteiger charge is -2.22. The number of hydrogen-bond acceptors (Lipinski definition) is 3. The van der Waals surface area contributed by atoms with Gasteiger partial charge in [0.05, 0.1) is 4.90 Å². The first-order chi connectivity index (χ1) is 8.63. The van der Waals surface area contributed by atoms with Crippen molar-refractivity contribution in [2.45, 2.75) is 39.0 Å². The van der Waals surface area contributed by atoms with Gasteiger partial charge in [0.2, 0.25) is 10.0 Å². The summed E-state index contributed by atoms with van der Waals surface area (Å²) in [6, 6.07) is 3.45. The van der Waals surface area contributed by atoms with E-state index >= 15 is 0 Å². The molecule has 4 nitrogen and oxygen atoms in total. The highest BCUT2D eigenvalue weighted by molar-refractivity contribution is 7.89. The largest absolute Gasteiger partial charge is 0.399 e. The van der Waals surface area contributed by atoms with Gasteiger partial charge in [0, 0.05) is 18.8 Å². The van der Waals surface area contributed by atoms with Crippen LogP contribution in [0.1, 0.15) is 31.4 Å². The summed E-state index contributed by atoms with van der Waals surface area (Å²) >= 11 is 0. The predicted octanol–water partition coefficient (Wildman–Crippen LogP) is 2.31. The summed E-state index contributed by atoms with van der Waals surface area (Å²) in [6.07, 6.45) is 0.902. The number of benzene rings is 1. The van der Waals surface area contributed by atoms with E-state index in [0.717, 1.165) is 17.5 Å². The average molecular weight is 282 g/mol. The summed E-state index contributed by atoms with van der Waals surface area (Å²) in [5, 5.41) is 0. The van der Waals surface area contributed by atoms with E-state index in [0.29, 0.717) is 23.7 Å². The van der Waals surface area contributed by atoms with Crippen LogP contribution in [0.25, 0.3) is 0 Å². The minimum Gasteiger partial charge on any atom is -0.399 e. The molecule has 0 radical (unpaired) electrons. The second-order valence-electron chi connectivity index (χ2n) is 6.24. The first kappa shape index (κ1) is 14.3. The van der Waals surface area contributed by atoms with Crippen molar-refractivity contribution >= 4 is 15.7 Å². The molecule has 0 bridgehead atoms. The normalized spacial score (nSPS) is 19.8. The molecule has 1 heterocycles. The SMILES string of the molecule is Cc1cc(N)cc(C)c1S(=O)(=O)N1CCC(C)(C)C1. The van der Waals surface area contributed by atoms with Crippen LogP contribution in [0.5, 0.6) is 0 Å². The smallest absolute Gasteiger partial charge is 0.243 e. The van der Waals surface area contributed by atoms with Crippen LogP contribution in [-0.4, -0.2) is 25.8 Å². The summed E-state index contributed by atoms with van der Waals surface area (Å²) in [6.45, 7) is 8.99. The van der Waals surface area contributed by atoms with Crippen molar-refractivity contribution in [3.05, 3.63) is 23.3 Å². The molecule has 1 aliphatic rings. The zero-order chi connectivity index (χ0) is 14.4. The maximum Gasteiger partial charge on any atom is 0.243 e. The van der Waals surface area contributed by atoms with Gasteiger partial charge in [0.15, 0.2) is 0 Å². The topological polar surface area (TPSA) is 63.4 Å². The van der Waals surface area contributed by atoms with Gasteiger partial charge in [-0.05, 0) is 48.9 Å². The van der Waals surface area contributed by atoms with Crippen LogP contribution in [0, 0.1) is 19.3 Å². The monoisotopic (exact) mass is 282 g/mol. The molecule has 0 amide bonds. The minimum absolute atomic E-state index is 0.0582. The lowest BCUT2D eigenvalue weighted by Crippen LogP contribution is -2.31. The van der Waals surface area contributed by atoms with Crippen LogP contribution in [0.4, 0.5) is 5.69 Å². The number of aryl methyl sites for hydroxylation is 2. The summed E-state index contributed by atoms with van der Waals surface area (Å²) in [5.41, 5.74) is 7.87. The Kier molecular flexibility index (Phi) is 3.39. The third-order valence-corrected chi connectivity index (χ3v) is 5.87. The van der Waals surface area contributed by atoms with E-state index in [9.17, 15) is 8.42 Å². The van der Waals surface area contributed by atoms with E-state index in [4.69, 9.17) is 5.73 Å². The molecule has 0 spiro atoms. The second-order valence-corrected chi connectivity index (χ2v) is 8.11. The van der Waals surface area contributed by atoms with Crippen LogP contribution < -0.4 is 5.73 Å². The zero-order valence-electron chi connectivity index (χ0n) is 12.0. The van der Waals surface area contributed by atoms with E-state index in [1.165, 1.54) is 0 Å². The highest BCUT2D eigenvalue weighted by Crippen LogP contribution is 2.34. The Morgan fingerprint density at radius 2 is 1.74 bits per heavy atom. The molecule has 106 valence electrons. The molecule has 1 aromatic carbocycles. The van der Waals surface area contributed by atoms with Gasteiger partial charge in [-0.25, -0.2) is 8.42 Å². The molecule has 0 saturated carbocycles. The lowest BCUT2D eigenvalue weighted by molar-refractivity contribution is 0.375. The van der Waals surface area contributed by atoms with Crippen LogP contribution in [-0.2, 0) is 10.0 Å². The van der Waals surface area contributed by atoms with Gasteiger partial charge in [0.1, 0.15) is 0 Å². The van der Waals surface area contributed by atoms with Gasteiger partial charge >= 0.3 is 0 Å². The molecule has 1 saturated heterocycles. The van der Waals surface area contributed by atoms with E-state index in [1.807, 2.05) is 0 Å². The zero-order valence-corrected chi connectivity index (χ0v) is 12.8. The van der Waals surface area contributed by atoms with E-state index < -0.39 is 10.0 Å². The van der Waals surface area contributed by atoms with Crippen LogP contribution in [0.3, 0.4) is 0 Å². The highest BCUT2D eigenvalue weighted by atomic mass is 32.2. The summed E-state index contributed by atoms with van der Waals surface area (Å²) < 4.78 is 27.1. The van der Waals surface area contributed by atoms with Gasteiger partial charge in [-0.1, -0.05) is 13.8 Å². The van der Waals surface area contributed by atoms with Crippen molar-refractivity contribution in [3.63, 3.8) is 0 Å². The highest BCUT2D eigenvalue weighted by Gasteiger charge is 2.37. The molecule has 0 aliphatic carbocycles. The molecule has 19 heavy (non-hydrogen) atoms. The maximum atomic E-state index is 12.8. The minimum atomic E-state index is -3.41. The lowest BCUT2D eigenvalue weighted by atomic mass is 9.93. The van der Waals surface area contributed by atoms with Crippen LogP contribution >= 0.6 is 0 Å². The van der Waals surface area contributed by atoms with E-state index in [-0.39, 0.29) is 5.41 Å². The maximum absolute atomic E-state index is 12.8. The first-order valence-corrected chi connectivity index (χ1v) is 7.94. The van der Waals surface area contributed by atoms with Crippen molar-refractivity contribution in [2.24, 2.45) is 5.41 Å². The Balaban J connectivity index is 2.47. The number of anilines is 1. The molecule has 1 fully saturated rings. The van der Waals surface area contributed by atoms with Crippen LogP contribution in [0.15, 0.2) is 17.0 Å². The van der Waals surface area contributed by atoms with Crippen molar-refractivity contribution in [2.75, 3.05) is 18.8 Å². The molecular weight excluding hydrogens is 260 g/mol. The van der Waals surface area contributed by atoms with E-state index in [2.05, 4.69) is 13.8 Å². The predicted molar refractivity (Wildman–Crippen MR) is 77.5 cm³/mol. The molecule has 5 heteroatoms. The molecule has 2 rings (SSSR count). The third kappa shape index (κ3) is 2.62. The number of nitrogens with two attached hydrogens (primary N) is 1. The fourth-order valence-corrected chi connectivity index (χ4v) is 4.83. The van der Waals surface area contributed by atoms with Crippen LogP contribution in [0.2, 0.25) is 0 Å². The Hall–Kier alpha value is -1.07. The molecule has 1 aliphatic heterocycles. The summed E-state index contributed by atoms with van der Waals surface area (Å²) in [7, 11) is -3.41. The number of hydrogen-bond donors (Lipinski definition) is 1. The number of nitrogens with zero attached hydrogens (tertiary/aromatic N) is 1. The Labute approximate surface area is 115 Å². The Morgan fingerprint density at radius 1 is 1.21 bits per heavy atom. The van der Waals surface area contributed by atoms with Crippen molar-refractivity contribution in [3.8, 4) is 0 Å². The van der Waals surface area contributed by atoms with Gasteiger partial charge < -0.3 is 5.73 Å². The standard InChI is InChI=1S/C14H22N2O2S/c1-10-7-12(15)8-11(2)13(10)19(17,18)16-6-5-14(3,4)9-16/h7-8H,5-6,9,15H2,1-4H3. The fourth-order valence-electron chi connectivity index (χ4n) is 2.79. The van der Waals surface area contributed by atoms with Crippen molar-refractivity contribution in [1.29, 1.82) is 0 Å². The van der Waals surface area contributed by atoms with Crippen molar-refractivity contribution < 1.29 is 8.42 Å².